The van der Waals surface area contributed by atoms with Crippen molar-refractivity contribution in [3.05, 3.63) is 90.0 Å². The predicted octanol–water partition coefficient (Wildman–Crippen LogP) is 3.13. The third-order valence-corrected chi connectivity index (χ3v) is 5.91. The number of aromatic hydroxyl groups is 1. The number of aliphatic hydroxyl groups is 1. The summed E-state index contributed by atoms with van der Waals surface area (Å²) in [5, 5.41) is 26.7. The first kappa shape index (κ1) is 24.0. The quantitative estimate of drug-likeness (QED) is 0.457. The molecule has 0 aromatic heterocycles. The fraction of sp³-hybridized carbons (Fsp3) is 0.222. The summed E-state index contributed by atoms with van der Waals surface area (Å²) < 4.78 is 0. The first-order chi connectivity index (χ1) is 17.0. The molecule has 0 saturated carbocycles. The highest BCUT2D eigenvalue weighted by atomic mass is 16.6. The summed E-state index contributed by atoms with van der Waals surface area (Å²) >= 11 is 0. The molecule has 3 aromatic rings. The van der Waals surface area contributed by atoms with Gasteiger partial charge in [-0.25, -0.2) is 0 Å². The van der Waals surface area contributed by atoms with Crippen LogP contribution in [0.3, 0.4) is 0 Å². The molecule has 4 rings (SSSR count). The molecule has 3 aromatic carbocycles. The monoisotopic (exact) mass is 473 g/mol. The minimum absolute atomic E-state index is 0.0270. The van der Waals surface area contributed by atoms with Crippen molar-refractivity contribution in [2.45, 2.75) is 18.6 Å². The molecule has 1 fully saturated rings. The van der Waals surface area contributed by atoms with Gasteiger partial charge in [-0.15, -0.1) is 0 Å². The largest absolute Gasteiger partial charge is 0.508 e. The third-order valence-electron chi connectivity index (χ3n) is 5.91. The van der Waals surface area contributed by atoms with Gasteiger partial charge < -0.3 is 25.3 Å². The predicted molar refractivity (Wildman–Crippen MR) is 132 cm³/mol. The topological polar surface area (TPSA) is 111 Å². The van der Waals surface area contributed by atoms with E-state index in [4.69, 9.17) is 4.84 Å². The highest BCUT2D eigenvalue weighted by Gasteiger charge is 2.38. The molecular weight excluding hydrogens is 446 g/mol. The van der Waals surface area contributed by atoms with Crippen LogP contribution in [0, 0.1) is 0 Å². The first-order valence-corrected chi connectivity index (χ1v) is 11.3. The van der Waals surface area contributed by atoms with Crippen molar-refractivity contribution in [3.8, 4) is 16.9 Å². The molecule has 0 bridgehead atoms. The lowest BCUT2D eigenvalue weighted by Gasteiger charge is -2.24. The van der Waals surface area contributed by atoms with E-state index in [1.54, 1.807) is 24.3 Å². The number of phenolic OH excluding ortho intramolecular Hbond substituents is 1. The molecule has 1 unspecified atom stereocenters. The van der Waals surface area contributed by atoms with E-state index in [0.29, 0.717) is 16.8 Å². The minimum atomic E-state index is -1.01. The number of aliphatic hydroxyl groups excluding tert-OH is 1. The fourth-order valence-corrected chi connectivity index (χ4v) is 4.11. The van der Waals surface area contributed by atoms with E-state index in [0.717, 1.165) is 11.1 Å². The van der Waals surface area contributed by atoms with Gasteiger partial charge in [0.25, 0.3) is 5.91 Å². The van der Waals surface area contributed by atoms with E-state index in [-0.39, 0.29) is 31.2 Å². The summed E-state index contributed by atoms with van der Waals surface area (Å²) in [4.78, 5) is 32.7. The lowest BCUT2D eigenvalue weighted by atomic mass is 10.0. The number of rotatable bonds is 7. The Morgan fingerprint density at radius 3 is 2.46 bits per heavy atom. The van der Waals surface area contributed by atoms with E-state index in [1.807, 2.05) is 42.5 Å². The highest BCUT2D eigenvalue weighted by molar-refractivity contribution is 6.05. The Kier molecular flexibility index (Phi) is 7.42. The van der Waals surface area contributed by atoms with E-state index in [2.05, 4.69) is 10.5 Å². The second kappa shape index (κ2) is 10.8. The number of benzene rings is 3. The highest BCUT2D eigenvalue weighted by Crippen LogP contribution is 2.23. The van der Waals surface area contributed by atoms with Crippen molar-refractivity contribution < 1.29 is 24.6 Å². The summed E-state index contributed by atoms with van der Waals surface area (Å²) in [6.07, 6.45) is -0.773. The number of nitrogens with one attached hydrogen (secondary N) is 1. The number of phenols is 1. The lowest BCUT2D eigenvalue weighted by Crippen LogP contribution is -2.46. The van der Waals surface area contributed by atoms with Crippen LogP contribution in [-0.2, 0) is 9.63 Å². The van der Waals surface area contributed by atoms with Gasteiger partial charge in [-0.3, -0.25) is 9.59 Å². The Hall–Kier alpha value is -4.17. The van der Waals surface area contributed by atoms with Gasteiger partial charge in [0.05, 0.1) is 18.4 Å². The molecule has 180 valence electrons. The number of amides is 2. The molecule has 1 aliphatic rings. The lowest BCUT2D eigenvalue weighted by molar-refractivity contribution is -0.125. The maximum Gasteiger partial charge on any atom is 0.254 e. The molecule has 3 N–H and O–H groups in total. The summed E-state index contributed by atoms with van der Waals surface area (Å²) in [6, 6.07) is 22.5. The van der Waals surface area contributed by atoms with Crippen molar-refractivity contribution in [1.29, 1.82) is 0 Å². The smallest absolute Gasteiger partial charge is 0.254 e. The molecule has 1 heterocycles. The van der Waals surface area contributed by atoms with Crippen LogP contribution >= 0.6 is 0 Å². The van der Waals surface area contributed by atoms with E-state index in [1.165, 1.54) is 24.1 Å². The van der Waals surface area contributed by atoms with Gasteiger partial charge in [0, 0.05) is 18.5 Å². The number of nitrogens with zero attached hydrogens (tertiary/aromatic N) is 2. The average Bonchev–Trinajstić information content (AvgIpc) is 3.31. The van der Waals surface area contributed by atoms with E-state index >= 15 is 0 Å². The molecule has 35 heavy (non-hydrogen) atoms. The van der Waals surface area contributed by atoms with Gasteiger partial charge in [-0.2, -0.15) is 0 Å². The molecule has 0 radical (unpaired) electrons. The Labute approximate surface area is 203 Å². The average molecular weight is 474 g/mol. The summed E-state index contributed by atoms with van der Waals surface area (Å²) in [5.74, 6) is -0.668. The van der Waals surface area contributed by atoms with Crippen LogP contribution in [0.2, 0.25) is 0 Å². The molecule has 8 nitrogen and oxygen atoms in total. The molecule has 0 spiro atoms. The third kappa shape index (κ3) is 5.67. The van der Waals surface area contributed by atoms with Gasteiger partial charge in [0.2, 0.25) is 5.91 Å². The van der Waals surface area contributed by atoms with Gasteiger partial charge in [-0.05, 0) is 41.0 Å². The zero-order chi connectivity index (χ0) is 24.8. The van der Waals surface area contributed by atoms with Crippen molar-refractivity contribution in [3.63, 3.8) is 0 Å². The number of hydrogen-bond acceptors (Lipinski definition) is 6. The van der Waals surface area contributed by atoms with Crippen LogP contribution < -0.4 is 5.32 Å². The van der Waals surface area contributed by atoms with Gasteiger partial charge in [0.15, 0.2) is 0 Å². The van der Waals surface area contributed by atoms with Crippen molar-refractivity contribution in [1.82, 2.24) is 10.2 Å². The van der Waals surface area contributed by atoms with Crippen molar-refractivity contribution in [2.75, 3.05) is 20.2 Å². The zero-order valence-electron chi connectivity index (χ0n) is 19.3. The van der Waals surface area contributed by atoms with Gasteiger partial charge in [0.1, 0.15) is 18.9 Å². The number of oxime groups is 1. The van der Waals surface area contributed by atoms with Crippen LogP contribution in [0.4, 0.5) is 0 Å². The molecule has 1 saturated heterocycles. The molecule has 8 heteroatoms. The number of carbonyl (C=O) groups is 2. The van der Waals surface area contributed by atoms with Crippen LogP contribution in [0.5, 0.6) is 5.75 Å². The van der Waals surface area contributed by atoms with Crippen molar-refractivity contribution in [2.24, 2.45) is 5.16 Å². The second-order valence-electron chi connectivity index (χ2n) is 8.29. The minimum Gasteiger partial charge on any atom is -0.508 e. The van der Waals surface area contributed by atoms with Gasteiger partial charge >= 0.3 is 0 Å². The van der Waals surface area contributed by atoms with Crippen LogP contribution in [0.15, 0.2) is 84.0 Å². The Morgan fingerprint density at radius 1 is 1.06 bits per heavy atom. The molecule has 1 aliphatic heterocycles. The molecule has 0 aliphatic carbocycles. The SMILES string of the molecule is CON=C1C[C@@H](C(=O)NCC(O)c2cccc(O)c2)N(C(=O)c2ccc(-c3ccccc3)cc2)C1. The maximum absolute atomic E-state index is 13.3. The summed E-state index contributed by atoms with van der Waals surface area (Å²) in [7, 11) is 1.42. The Morgan fingerprint density at radius 2 is 1.77 bits per heavy atom. The first-order valence-electron chi connectivity index (χ1n) is 11.3. The van der Waals surface area contributed by atoms with Crippen LogP contribution in [0.25, 0.3) is 11.1 Å². The van der Waals surface area contributed by atoms with E-state index in [9.17, 15) is 19.8 Å². The molecule has 2 atom stereocenters. The number of carbonyl (C=O) groups excluding carboxylic acids is 2. The zero-order valence-corrected chi connectivity index (χ0v) is 19.3. The Balaban J connectivity index is 1.47. The summed E-state index contributed by atoms with van der Waals surface area (Å²) in [5.41, 5.74) is 3.55. The maximum atomic E-state index is 13.3. The standard InChI is InChI=1S/C27H27N3O5/c1-35-29-22-15-24(26(33)28-16-25(32)21-8-5-9-23(31)14-21)30(17-22)27(34)20-12-10-19(11-13-20)18-6-3-2-4-7-18/h2-14,24-25,31-32H,15-17H2,1H3,(H,28,33)/t24-,25?/m0/s1. The Bertz CT molecular complexity index is 1210. The van der Waals surface area contributed by atoms with Crippen LogP contribution in [0.1, 0.15) is 28.4 Å². The normalized spacial score (nSPS) is 17.3. The molecular formula is C27H27N3O5. The summed E-state index contributed by atoms with van der Waals surface area (Å²) in [6.45, 7) is 0.101. The second-order valence-corrected chi connectivity index (χ2v) is 8.29. The van der Waals surface area contributed by atoms with E-state index < -0.39 is 18.1 Å². The van der Waals surface area contributed by atoms with Crippen molar-refractivity contribution >= 4 is 17.5 Å². The van der Waals surface area contributed by atoms with Crippen LogP contribution in [-0.4, -0.2) is 58.9 Å². The number of likely N-dealkylation sites (tertiary alicyclic amines) is 1. The molecule has 2 amide bonds. The number of hydrogen-bond donors (Lipinski definition) is 3. The van der Waals surface area contributed by atoms with Gasteiger partial charge in [-0.1, -0.05) is 59.8 Å². The fourth-order valence-electron chi connectivity index (χ4n) is 4.11.